The molecular formula is C13H13BrFNO3. The average molecular weight is 330 g/mol. The summed E-state index contributed by atoms with van der Waals surface area (Å²) < 4.78 is 14.3. The Labute approximate surface area is 118 Å². The van der Waals surface area contributed by atoms with Gasteiger partial charge in [0.25, 0.3) is 0 Å². The number of carboxylic acids is 1. The highest BCUT2D eigenvalue weighted by Gasteiger charge is 2.58. The lowest BCUT2D eigenvalue weighted by molar-refractivity contribution is -0.153. The summed E-state index contributed by atoms with van der Waals surface area (Å²) in [5, 5.41) is 9.06. The summed E-state index contributed by atoms with van der Waals surface area (Å²) in [7, 11) is 1.49. The van der Waals surface area contributed by atoms with Crippen molar-refractivity contribution in [3.63, 3.8) is 0 Å². The van der Waals surface area contributed by atoms with Crippen LogP contribution in [0, 0.1) is 11.2 Å². The zero-order chi connectivity index (χ0) is 14.2. The molecule has 0 radical (unpaired) electrons. The van der Waals surface area contributed by atoms with Crippen molar-refractivity contribution in [2.75, 3.05) is 7.05 Å². The fourth-order valence-electron chi connectivity index (χ4n) is 2.00. The molecule has 0 aliphatic heterocycles. The van der Waals surface area contributed by atoms with Crippen LogP contribution < -0.4 is 0 Å². The molecular weight excluding hydrogens is 317 g/mol. The smallest absolute Gasteiger partial charge is 0.319 e. The third kappa shape index (κ3) is 2.63. The minimum Gasteiger partial charge on any atom is -0.480 e. The number of carboxylic acid groups (broad SMARTS) is 1. The molecule has 4 nitrogen and oxygen atoms in total. The first-order valence-corrected chi connectivity index (χ1v) is 6.59. The molecule has 1 N–H and O–H groups in total. The van der Waals surface area contributed by atoms with Crippen LogP contribution in [0.1, 0.15) is 18.4 Å². The Morgan fingerprint density at radius 2 is 2.11 bits per heavy atom. The fraction of sp³-hybridized carbons (Fsp3) is 0.385. The number of hydrogen-bond donors (Lipinski definition) is 1. The van der Waals surface area contributed by atoms with Crippen LogP contribution in [0.15, 0.2) is 22.7 Å². The van der Waals surface area contributed by atoms with Gasteiger partial charge in [-0.15, -0.1) is 0 Å². The fourth-order valence-corrected chi connectivity index (χ4v) is 2.41. The van der Waals surface area contributed by atoms with E-state index in [1.54, 1.807) is 12.1 Å². The summed E-state index contributed by atoms with van der Waals surface area (Å²) in [5.74, 6) is -1.97. The van der Waals surface area contributed by atoms with Gasteiger partial charge in [-0.1, -0.05) is 15.9 Å². The van der Waals surface area contributed by atoms with Crippen molar-refractivity contribution in [3.8, 4) is 0 Å². The molecule has 19 heavy (non-hydrogen) atoms. The first-order chi connectivity index (χ1) is 8.86. The van der Waals surface area contributed by atoms with Crippen LogP contribution in [-0.4, -0.2) is 28.9 Å². The van der Waals surface area contributed by atoms with E-state index < -0.39 is 23.1 Å². The lowest BCUT2D eigenvalue weighted by atomic mass is 10.1. The van der Waals surface area contributed by atoms with Crippen molar-refractivity contribution >= 4 is 27.8 Å². The average Bonchev–Trinajstić information content (AvgIpc) is 3.14. The molecule has 1 amide bonds. The van der Waals surface area contributed by atoms with E-state index in [1.165, 1.54) is 18.0 Å². The zero-order valence-electron chi connectivity index (χ0n) is 10.3. The molecule has 0 atom stereocenters. The van der Waals surface area contributed by atoms with Crippen molar-refractivity contribution < 1.29 is 19.1 Å². The summed E-state index contributed by atoms with van der Waals surface area (Å²) in [6.07, 6.45) is 0.707. The molecule has 1 aromatic carbocycles. The molecule has 0 unspecified atom stereocenters. The van der Waals surface area contributed by atoms with Crippen LogP contribution in [0.2, 0.25) is 0 Å². The van der Waals surface area contributed by atoms with Crippen molar-refractivity contribution in [1.29, 1.82) is 0 Å². The molecule has 0 spiro atoms. The minimum absolute atomic E-state index is 0.0547. The summed E-state index contributed by atoms with van der Waals surface area (Å²) in [6.45, 7) is 0.0547. The Hall–Kier alpha value is -1.43. The van der Waals surface area contributed by atoms with Gasteiger partial charge in [-0.3, -0.25) is 9.59 Å². The van der Waals surface area contributed by atoms with Crippen LogP contribution in [-0.2, 0) is 16.1 Å². The minimum atomic E-state index is -1.28. The molecule has 1 aliphatic carbocycles. The monoisotopic (exact) mass is 329 g/mol. The van der Waals surface area contributed by atoms with Gasteiger partial charge in [-0.25, -0.2) is 4.39 Å². The van der Waals surface area contributed by atoms with E-state index in [0.717, 1.165) is 0 Å². The second-order valence-electron chi connectivity index (χ2n) is 4.78. The molecule has 1 fully saturated rings. The number of halogens is 2. The topological polar surface area (TPSA) is 57.6 Å². The highest BCUT2D eigenvalue weighted by molar-refractivity contribution is 9.10. The highest BCUT2D eigenvalue weighted by atomic mass is 79.9. The van der Waals surface area contributed by atoms with E-state index >= 15 is 0 Å². The van der Waals surface area contributed by atoms with Gasteiger partial charge in [0, 0.05) is 23.6 Å². The predicted octanol–water partition coefficient (Wildman–Crippen LogP) is 2.41. The molecule has 1 aromatic rings. The van der Waals surface area contributed by atoms with Crippen molar-refractivity contribution in [2.24, 2.45) is 5.41 Å². The quantitative estimate of drug-likeness (QED) is 0.863. The van der Waals surface area contributed by atoms with E-state index in [4.69, 9.17) is 5.11 Å². The number of nitrogens with zero attached hydrogens (tertiary/aromatic N) is 1. The van der Waals surface area contributed by atoms with Gasteiger partial charge in [0.1, 0.15) is 11.2 Å². The predicted molar refractivity (Wildman–Crippen MR) is 69.9 cm³/mol. The summed E-state index contributed by atoms with van der Waals surface area (Å²) in [5.41, 5.74) is -0.927. The Morgan fingerprint density at radius 3 is 2.63 bits per heavy atom. The van der Waals surface area contributed by atoms with Crippen molar-refractivity contribution in [1.82, 2.24) is 4.90 Å². The summed E-state index contributed by atoms with van der Waals surface area (Å²) in [6, 6.07) is 4.46. The van der Waals surface area contributed by atoms with E-state index in [2.05, 4.69) is 15.9 Å². The summed E-state index contributed by atoms with van der Waals surface area (Å²) >= 11 is 3.23. The maximum Gasteiger partial charge on any atom is 0.319 e. The molecule has 2 rings (SSSR count). The standard InChI is InChI=1S/C13H13BrFNO3/c1-16(11(17)13(4-5-13)12(18)19)7-8-6-9(14)2-3-10(8)15/h2-3,6H,4-5,7H2,1H3,(H,18,19). The Morgan fingerprint density at radius 1 is 1.47 bits per heavy atom. The van der Waals surface area contributed by atoms with Gasteiger partial charge in [0.05, 0.1) is 0 Å². The lowest BCUT2D eigenvalue weighted by Gasteiger charge is -2.21. The number of benzene rings is 1. The molecule has 0 aromatic heterocycles. The third-order valence-electron chi connectivity index (χ3n) is 3.33. The Bertz CT molecular complexity index is 543. The maximum absolute atomic E-state index is 13.6. The van der Waals surface area contributed by atoms with Gasteiger partial charge >= 0.3 is 5.97 Å². The second-order valence-corrected chi connectivity index (χ2v) is 5.70. The number of amides is 1. The molecule has 0 heterocycles. The SMILES string of the molecule is CN(Cc1cc(Br)ccc1F)C(=O)C1(C(=O)O)CC1. The first kappa shape index (κ1) is 14.0. The molecule has 6 heteroatoms. The largest absolute Gasteiger partial charge is 0.480 e. The van der Waals surface area contributed by atoms with Crippen LogP contribution in [0.3, 0.4) is 0 Å². The van der Waals surface area contributed by atoms with E-state index in [0.29, 0.717) is 22.9 Å². The summed E-state index contributed by atoms with van der Waals surface area (Å²) in [4.78, 5) is 24.4. The van der Waals surface area contributed by atoms with Gasteiger partial charge in [0.15, 0.2) is 0 Å². The molecule has 0 bridgehead atoms. The molecule has 102 valence electrons. The normalized spacial score (nSPS) is 15.9. The van der Waals surface area contributed by atoms with Gasteiger partial charge < -0.3 is 10.0 Å². The number of aliphatic carboxylic acids is 1. The van der Waals surface area contributed by atoms with Gasteiger partial charge in [0.2, 0.25) is 5.91 Å². The first-order valence-electron chi connectivity index (χ1n) is 5.80. The lowest BCUT2D eigenvalue weighted by Crippen LogP contribution is -2.38. The Balaban J connectivity index is 2.13. The molecule has 1 aliphatic rings. The van der Waals surface area contributed by atoms with E-state index in [9.17, 15) is 14.0 Å². The number of rotatable bonds is 4. The highest BCUT2D eigenvalue weighted by Crippen LogP contribution is 2.47. The van der Waals surface area contributed by atoms with Crippen LogP contribution in [0.25, 0.3) is 0 Å². The second kappa shape index (κ2) is 4.92. The Kier molecular flexibility index (Phi) is 3.62. The number of carbonyl (C=O) groups excluding carboxylic acids is 1. The molecule has 1 saturated carbocycles. The van der Waals surface area contributed by atoms with Crippen LogP contribution in [0.5, 0.6) is 0 Å². The van der Waals surface area contributed by atoms with Gasteiger partial charge in [-0.2, -0.15) is 0 Å². The van der Waals surface area contributed by atoms with Crippen LogP contribution >= 0.6 is 15.9 Å². The number of carbonyl (C=O) groups is 2. The van der Waals surface area contributed by atoms with Crippen LogP contribution in [0.4, 0.5) is 4.39 Å². The third-order valence-corrected chi connectivity index (χ3v) is 3.82. The maximum atomic E-state index is 13.6. The van der Waals surface area contributed by atoms with E-state index in [-0.39, 0.29) is 6.54 Å². The number of hydrogen-bond acceptors (Lipinski definition) is 2. The molecule has 0 saturated heterocycles. The zero-order valence-corrected chi connectivity index (χ0v) is 11.9. The van der Waals surface area contributed by atoms with E-state index in [1.807, 2.05) is 0 Å². The van der Waals surface area contributed by atoms with Crippen molar-refractivity contribution in [3.05, 3.63) is 34.1 Å². The van der Waals surface area contributed by atoms with Gasteiger partial charge in [-0.05, 0) is 31.0 Å². The van der Waals surface area contributed by atoms with Crippen molar-refractivity contribution in [2.45, 2.75) is 19.4 Å².